The molecule has 0 bridgehead atoms. The average Bonchev–Trinajstić information content (AvgIpc) is 2.89. The van der Waals surface area contributed by atoms with Gasteiger partial charge in [-0.15, -0.1) is 0 Å². The van der Waals surface area contributed by atoms with Crippen molar-refractivity contribution in [1.29, 1.82) is 0 Å². The molecular formula is C27H25N3O3S. The molecule has 0 aromatic heterocycles. The Hall–Kier alpha value is -3.71. The number of methoxy groups -OCH3 is 1. The van der Waals surface area contributed by atoms with Crippen molar-refractivity contribution in [3.8, 4) is 5.75 Å². The van der Waals surface area contributed by atoms with Crippen LogP contribution in [-0.2, 0) is 4.79 Å². The highest BCUT2D eigenvalue weighted by Gasteiger charge is 2.25. The predicted octanol–water partition coefficient (Wildman–Crippen LogP) is 4.74. The van der Waals surface area contributed by atoms with Crippen LogP contribution >= 0.6 is 11.8 Å². The molecule has 0 unspecified atom stereocenters. The van der Waals surface area contributed by atoms with Gasteiger partial charge in [0.15, 0.2) is 0 Å². The maximum absolute atomic E-state index is 13.1. The molecule has 0 aliphatic carbocycles. The van der Waals surface area contributed by atoms with E-state index in [2.05, 4.69) is 22.3 Å². The standard InChI is InChI=1S/C27H25N3O3S/c1-33-22-10-7-19(8-11-22)17-25-26(31)28-23-18-20(9-12-24(23)34-25)27(32)30-15-13-29(14-16-30)21-5-3-2-4-6-21/h2-12,17-18H,13-16H2,1H3,(H,28,31)/b25-17+. The van der Waals surface area contributed by atoms with E-state index in [1.165, 1.54) is 17.4 Å². The van der Waals surface area contributed by atoms with Crippen molar-refractivity contribution in [3.63, 3.8) is 0 Å². The zero-order valence-electron chi connectivity index (χ0n) is 18.9. The average molecular weight is 472 g/mol. The van der Waals surface area contributed by atoms with Crippen LogP contribution in [0.4, 0.5) is 11.4 Å². The van der Waals surface area contributed by atoms with Gasteiger partial charge in [0.2, 0.25) is 0 Å². The van der Waals surface area contributed by atoms with E-state index in [0.29, 0.717) is 29.2 Å². The second-order valence-corrected chi connectivity index (χ2v) is 9.25. The number of hydrogen-bond donors (Lipinski definition) is 1. The number of nitrogens with one attached hydrogen (secondary N) is 1. The topological polar surface area (TPSA) is 61.9 Å². The third-order valence-corrected chi connectivity index (χ3v) is 7.12. The molecule has 7 heteroatoms. The van der Waals surface area contributed by atoms with Crippen LogP contribution < -0.4 is 15.0 Å². The highest BCUT2D eigenvalue weighted by atomic mass is 32.2. The second kappa shape index (κ2) is 9.65. The van der Waals surface area contributed by atoms with Gasteiger partial charge in [0, 0.05) is 42.3 Å². The van der Waals surface area contributed by atoms with E-state index >= 15 is 0 Å². The summed E-state index contributed by atoms with van der Waals surface area (Å²) in [6.45, 7) is 2.93. The summed E-state index contributed by atoms with van der Waals surface area (Å²) in [5, 5.41) is 2.95. The number of ether oxygens (including phenoxy) is 1. The number of para-hydroxylation sites is 1. The summed E-state index contributed by atoms with van der Waals surface area (Å²) < 4.78 is 5.19. The van der Waals surface area contributed by atoms with E-state index in [-0.39, 0.29) is 11.8 Å². The molecule has 2 aliphatic rings. The first-order valence-electron chi connectivity index (χ1n) is 11.2. The van der Waals surface area contributed by atoms with Crippen LogP contribution in [0.5, 0.6) is 5.75 Å². The van der Waals surface area contributed by atoms with E-state index in [1.807, 2.05) is 65.6 Å². The van der Waals surface area contributed by atoms with Gasteiger partial charge in [-0.25, -0.2) is 0 Å². The van der Waals surface area contributed by atoms with Crippen molar-refractivity contribution < 1.29 is 14.3 Å². The Morgan fingerprint density at radius 1 is 0.971 bits per heavy atom. The number of amides is 2. The van der Waals surface area contributed by atoms with Gasteiger partial charge in [-0.1, -0.05) is 42.1 Å². The first-order valence-corrected chi connectivity index (χ1v) is 12.0. The van der Waals surface area contributed by atoms with E-state index in [9.17, 15) is 9.59 Å². The van der Waals surface area contributed by atoms with Crippen molar-refractivity contribution >= 4 is 41.0 Å². The van der Waals surface area contributed by atoms with Gasteiger partial charge in [0.1, 0.15) is 5.75 Å². The fourth-order valence-corrected chi connectivity index (χ4v) is 5.07. The molecule has 3 aromatic carbocycles. The Labute approximate surface area is 203 Å². The molecule has 1 saturated heterocycles. The minimum atomic E-state index is -0.172. The minimum absolute atomic E-state index is 0.00525. The number of hydrogen-bond acceptors (Lipinski definition) is 5. The number of carbonyl (C=O) groups is 2. The molecule has 0 radical (unpaired) electrons. The van der Waals surface area contributed by atoms with Gasteiger partial charge in [0.25, 0.3) is 11.8 Å². The largest absolute Gasteiger partial charge is 0.497 e. The third kappa shape index (κ3) is 4.65. The second-order valence-electron chi connectivity index (χ2n) is 8.16. The van der Waals surface area contributed by atoms with Crippen LogP contribution in [0.1, 0.15) is 15.9 Å². The third-order valence-electron chi connectivity index (χ3n) is 6.02. The maximum atomic E-state index is 13.1. The van der Waals surface area contributed by atoms with E-state index < -0.39 is 0 Å². The monoisotopic (exact) mass is 471 g/mol. The zero-order chi connectivity index (χ0) is 23.5. The molecule has 5 rings (SSSR count). The summed E-state index contributed by atoms with van der Waals surface area (Å²) in [6, 6.07) is 23.4. The normalized spacial score (nSPS) is 16.7. The summed E-state index contributed by atoms with van der Waals surface area (Å²) in [6.07, 6.45) is 1.85. The van der Waals surface area contributed by atoms with Crippen molar-refractivity contribution in [1.82, 2.24) is 4.90 Å². The molecule has 6 nitrogen and oxygen atoms in total. The van der Waals surface area contributed by atoms with Gasteiger partial charge in [0.05, 0.1) is 17.7 Å². The van der Waals surface area contributed by atoms with Gasteiger partial charge in [-0.3, -0.25) is 9.59 Å². The molecule has 2 heterocycles. The Morgan fingerprint density at radius 3 is 2.41 bits per heavy atom. The predicted molar refractivity (Wildman–Crippen MR) is 136 cm³/mol. The summed E-state index contributed by atoms with van der Waals surface area (Å²) in [4.78, 5) is 31.6. The maximum Gasteiger partial charge on any atom is 0.262 e. The summed E-state index contributed by atoms with van der Waals surface area (Å²) >= 11 is 1.41. The molecular weight excluding hydrogens is 446 g/mol. The molecule has 2 amide bonds. The van der Waals surface area contributed by atoms with Crippen molar-refractivity contribution in [2.75, 3.05) is 43.5 Å². The number of thioether (sulfide) groups is 1. The highest BCUT2D eigenvalue weighted by molar-refractivity contribution is 8.04. The summed E-state index contributed by atoms with van der Waals surface area (Å²) in [5.74, 6) is 0.593. The molecule has 172 valence electrons. The van der Waals surface area contributed by atoms with Crippen molar-refractivity contribution in [2.45, 2.75) is 4.90 Å². The number of benzene rings is 3. The molecule has 0 saturated carbocycles. The number of nitrogens with zero attached hydrogens (tertiary/aromatic N) is 2. The summed E-state index contributed by atoms with van der Waals surface area (Å²) in [7, 11) is 1.62. The Bertz CT molecular complexity index is 1230. The number of anilines is 2. The minimum Gasteiger partial charge on any atom is -0.497 e. The quantitative estimate of drug-likeness (QED) is 0.557. The van der Waals surface area contributed by atoms with Crippen LogP contribution in [0.25, 0.3) is 6.08 Å². The van der Waals surface area contributed by atoms with Crippen LogP contribution in [-0.4, -0.2) is 50.0 Å². The van der Waals surface area contributed by atoms with E-state index in [1.54, 1.807) is 13.2 Å². The first kappa shape index (κ1) is 22.1. The van der Waals surface area contributed by atoms with Crippen LogP contribution in [0.15, 0.2) is 82.6 Å². The van der Waals surface area contributed by atoms with E-state index in [4.69, 9.17) is 4.74 Å². The number of piperazine rings is 1. The zero-order valence-corrected chi connectivity index (χ0v) is 19.7. The Balaban J connectivity index is 1.27. The number of carbonyl (C=O) groups excluding carboxylic acids is 2. The van der Waals surface area contributed by atoms with Gasteiger partial charge in [-0.2, -0.15) is 0 Å². The van der Waals surface area contributed by atoms with Crippen LogP contribution in [0.2, 0.25) is 0 Å². The van der Waals surface area contributed by atoms with Gasteiger partial charge >= 0.3 is 0 Å². The Kier molecular flexibility index (Phi) is 6.27. The lowest BCUT2D eigenvalue weighted by molar-refractivity contribution is -0.112. The molecule has 1 fully saturated rings. The lowest BCUT2D eigenvalue weighted by Gasteiger charge is -2.36. The smallest absolute Gasteiger partial charge is 0.262 e. The SMILES string of the molecule is COc1ccc(/C=C2/Sc3ccc(C(=O)N4CCN(c5ccccc5)CC4)cc3NC2=O)cc1. The molecule has 3 aromatic rings. The Morgan fingerprint density at radius 2 is 1.71 bits per heavy atom. The lowest BCUT2D eigenvalue weighted by atomic mass is 10.1. The molecule has 34 heavy (non-hydrogen) atoms. The number of rotatable bonds is 4. The molecule has 0 spiro atoms. The number of fused-ring (bicyclic) bond motifs is 1. The fourth-order valence-electron chi connectivity index (χ4n) is 4.13. The lowest BCUT2D eigenvalue weighted by Crippen LogP contribution is -2.48. The molecule has 0 atom stereocenters. The van der Waals surface area contributed by atoms with Crippen LogP contribution in [0, 0.1) is 0 Å². The molecule has 1 N–H and O–H groups in total. The van der Waals surface area contributed by atoms with Gasteiger partial charge in [-0.05, 0) is 54.1 Å². The van der Waals surface area contributed by atoms with Crippen LogP contribution in [0.3, 0.4) is 0 Å². The fraction of sp³-hybridized carbons (Fsp3) is 0.185. The molecule has 2 aliphatic heterocycles. The van der Waals surface area contributed by atoms with Gasteiger partial charge < -0.3 is 19.9 Å². The highest BCUT2D eigenvalue weighted by Crippen LogP contribution is 2.39. The first-order chi connectivity index (χ1) is 16.6. The van der Waals surface area contributed by atoms with Crippen molar-refractivity contribution in [3.05, 3.63) is 88.8 Å². The van der Waals surface area contributed by atoms with Crippen molar-refractivity contribution in [2.24, 2.45) is 0 Å². The summed E-state index contributed by atoms with van der Waals surface area (Å²) in [5.41, 5.74) is 3.37. The van der Waals surface area contributed by atoms with E-state index in [0.717, 1.165) is 29.3 Å².